The summed E-state index contributed by atoms with van der Waals surface area (Å²) in [5.41, 5.74) is 0.571. The molecule has 6 rings (SSSR count). The number of benzene rings is 2. The van der Waals surface area contributed by atoms with Crippen LogP contribution in [0.5, 0.6) is 5.75 Å². The molecule has 5 atom stereocenters. The van der Waals surface area contributed by atoms with Gasteiger partial charge in [-0.1, -0.05) is 13.3 Å². The Bertz CT molecular complexity index is 1340. The first-order valence-electron chi connectivity index (χ1n) is 12.2. The number of piperidine rings is 3. The first kappa shape index (κ1) is 26.1. The van der Waals surface area contributed by atoms with Gasteiger partial charge in [-0.15, -0.1) is 0 Å². The van der Waals surface area contributed by atoms with Gasteiger partial charge in [-0.25, -0.2) is 17.6 Å². The Labute approximate surface area is 225 Å². The van der Waals surface area contributed by atoms with E-state index in [-0.39, 0.29) is 6.04 Å². The number of fused-ring (bicyclic) bond motifs is 4. The lowest BCUT2D eigenvalue weighted by molar-refractivity contribution is -0.0153. The van der Waals surface area contributed by atoms with E-state index in [2.05, 4.69) is 22.1 Å². The summed E-state index contributed by atoms with van der Waals surface area (Å²) in [4.78, 5) is 20.2. The van der Waals surface area contributed by atoms with Gasteiger partial charge < -0.3 is 10.1 Å². The molecule has 3 aromatic rings. The molecular formula is C27H26F4IN3O2. The molecule has 0 spiro atoms. The summed E-state index contributed by atoms with van der Waals surface area (Å²) in [6.45, 7) is 3.90. The van der Waals surface area contributed by atoms with Crippen molar-refractivity contribution in [1.29, 1.82) is 0 Å². The number of rotatable bonds is 6. The van der Waals surface area contributed by atoms with Crippen molar-refractivity contribution in [2.75, 3.05) is 20.2 Å². The minimum absolute atomic E-state index is 0.127. The molecule has 1 unspecified atom stereocenters. The third-order valence-electron chi connectivity index (χ3n) is 7.89. The second kappa shape index (κ2) is 10.4. The highest BCUT2D eigenvalue weighted by Crippen LogP contribution is 2.43. The lowest BCUT2D eigenvalue weighted by atomic mass is 9.72. The summed E-state index contributed by atoms with van der Waals surface area (Å²) >= 11 is 1.33. The lowest BCUT2D eigenvalue weighted by Gasteiger charge is -2.52. The Morgan fingerprint density at radius 2 is 1.95 bits per heavy atom. The summed E-state index contributed by atoms with van der Waals surface area (Å²) in [5, 5.41) is 3.62. The quantitative estimate of drug-likeness (QED) is 0.158. The normalized spacial score (nSPS) is 23.8. The number of carbonyl (C=O) groups is 1. The molecule has 3 saturated heterocycles. The van der Waals surface area contributed by atoms with Gasteiger partial charge in [-0.05, 0) is 83.6 Å². The molecule has 3 aliphatic heterocycles. The topological polar surface area (TPSA) is 54.5 Å². The van der Waals surface area contributed by atoms with Gasteiger partial charge in [0.1, 0.15) is 5.75 Å². The molecule has 2 bridgehead atoms. The number of carbonyl (C=O) groups excluding carboxylic acids is 1. The van der Waals surface area contributed by atoms with Gasteiger partial charge in [0.05, 0.1) is 27.8 Å². The maximum atomic E-state index is 14.8. The molecule has 0 radical (unpaired) electrons. The number of methoxy groups -OCH3 is 1. The van der Waals surface area contributed by atoms with Crippen molar-refractivity contribution < 1.29 is 27.1 Å². The predicted molar refractivity (Wildman–Crippen MR) is 139 cm³/mol. The van der Waals surface area contributed by atoms with Crippen molar-refractivity contribution in [2.45, 2.75) is 38.3 Å². The second-order valence-electron chi connectivity index (χ2n) is 9.69. The Hall–Kier alpha value is -2.47. The van der Waals surface area contributed by atoms with Crippen molar-refractivity contribution in [1.82, 2.24) is 15.2 Å². The van der Waals surface area contributed by atoms with E-state index >= 15 is 0 Å². The zero-order valence-corrected chi connectivity index (χ0v) is 22.5. The van der Waals surface area contributed by atoms with Crippen LogP contribution in [0.3, 0.4) is 0 Å². The lowest BCUT2D eigenvalue weighted by Crippen LogP contribution is -2.57. The van der Waals surface area contributed by atoms with Gasteiger partial charge in [-0.2, -0.15) is 0 Å². The third kappa shape index (κ3) is 4.56. The zero-order chi connectivity index (χ0) is 26.4. The van der Waals surface area contributed by atoms with Crippen LogP contribution >= 0.6 is 22.6 Å². The molecule has 3 fully saturated rings. The molecule has 1 amide bonds. The molecule has 1 aromatic heterocycles. The first-order valence-corrected chi connectivity index (χ1v) is 13.3. The molecule has 3 aliphatic rings. The van der Waals surface area contributed by atoms with E-state index in [0.717, 1.165) is 43.3 Å². The highest BCUT2D eigenvalue weighted by molar-refractivity contribution is 14.1. The maximum Gasteiger partial charge on any atom is 0.256 e. The Kier molecular flexibility index (Phi) is 7.32. The average molecular weight is 627 g/mol. The van der Waals surface area contributed by atoms with Crippen LogP contribution in [0.25, 0.3) is 10.9 Å². The van der Waals surface area contributed by atoms with E-state index in [1.807, 2.05) is 12.1 Å². The third-order valence-corrected chi connectivity index (χ3v) is 8.90. The predicted octanol–water partition coefficient (Wildman–Crippen LogP) is 6.00. The molecule has 37 heavy (non-hydrogen) atoms. The van der Waals surface area contributed by atoms with Crippen molar-refractivity contribution in [3.05, 3.63) is 68.4 Å². The van der Waals surface area contributed by atoms with Gasteiger partial charge >= 0.3 is 0 Å². The molecule has 10 heteroatoms. The molecule has 1 N–H and O–H groups in total. The number of halogens is 5. The molecule has 4 heterocycles. The number of aromatic nitrogens is 1. The van der Waals surface area contributed by atoms with Crippen LogP contribution in [0.2, 0.25) is 0 Å². The van der Waals surface area contributed by atoms with E-state index in [9.17, 15) is 22.4 Å². The van der Waals surface area contributed by atoms with Crippen molar-refractivity contribution in [2.24, 2.45) is 11.8 Å². The van der Waals surface area contributed by atoms with Crippen molar-refractivity contribution in [3.63, 3.8) is 0 Å². The summed E-state index contributed by atoms with van der Waals surface area (Å²) in [6.07, 6.45) is 4.55. The number of ether oxygens (including phenoxy) is 1. The van der Waals surface area contributed by atoms with E-state index in [1.54, 1.807) is 25.4 Å². The Balaban J connectivity index is 1.61. The highest BCUT2D eigenvalue weighted by Gasteiger charge is 2.44. The fourth-order valence-corrected chi connectivity index (χ4v) is 6.65. The summed E-state index contributed by atoms with van der Waals surface area (Å²) in [7, 11) is 1.55. The van der Waals surface area contributed by atoms with E-state index < -0.39 is 44.4 Å². The molecule has 196 valence electrons. The van der Waals surface area contributed by atoms with E-state index in [1.165, 1.54) is 22.6 Å². The number of amides is 1. The SMILES string of the molecule is CC[C@H]1CN2CC[C@H]1C[C@@H]2[C@H](NC(=O)c1c(F)c(F)c(F)c(F)c1I)c1ccnc2ccc(OC)cc12. The molecule has 0 aliphatic carbocycles. The van der Waals surface area contributed by atoms with Gasteiger partial charge in [0.2, 0.25) is 0 Å². The summed E-state index contributed by atoms with van der Waals surface area (Å²) in [6, 6.07) is 6.44. The Morgan fingerprint density at radius 1 is 1.19 bits per heavy atom. The number of nitrogens with zero attached hydrogens (tertiary/aromatic N) is 2. The maximum absolute atomic E-state index is 14.8. The van der Waals surface area contributed by atoms with Crippen LogP contribution in [-0.2, 0) is 0 Å². The fraction of sp³-hybridized carbons (Fsp3) is 0.407. The van der Waals surface area contributed by atoms with Gasteiger partial charge in [-0.3, -0.25) is 14.7 Å². The number of hydrogen-bond donors (Lipinski definition) is 1. The fourth-order valence-electron chi connectivity index (χ4n) is 5.93. The van der Waals surface area contributed by atoms with Gasteiger partial charge in [0, 0.05) is 24.2 Å². The second-order valence-corrected chi connectivity index (χ2v) is 10.8. The van der Waals surface area contributed by atoms with Gasteiger partial charge in [0.15, 0.2) is 23.3 Å². The molecule has 0 saturated carbocycles. The average Bonchev–Trinajstić information content (AvgIpc) is 2.93. The summed E-state index contributed by atoms with van der Waals surface area (Å²) < 4.78 is 61.7. The number of nitrogens with one attached hydrogen (secondary N) is 1. The molecule has 5 nitrogen and oxygen atoms in total. The minimum atomic E-state index is -2.01. The van der Waals surface area contributed by atoms with Crippen LogP contribution < -0.4 is 10.1 Å². The first-order chi connectivity index (χ1) is 17.7. The van der Waals surface area contributed by atoms with Crippen LogP contribution in [0.4, 0.5) is 17.6 Å². The van der Waals surface area contributed by atoms with Crippen molar-refractivity contribution in [3.8, 4) is 5.75 Å². The zero-order valence-electron chi connectivity index (χ0n) is 20.3. The van der Waals surface area contributed by atoms with Crippen LogP contribution in [-0.4, -0.2) is 42.0 Å². The molecular weight excluding hydrogens is 601 g/mol. The highest BCUT2D eigenvalue weighted by atomic mass is 127. The molecule has 2 aromatic carbocycles. The van der Waals surface area contributed by atoms with Crippen LogP contribution in [0.15, 0.2) is 30.5 Å². The van der Waals surface area contributed by atoms with E-state index in [0.29, 0.717) is 23.1 Å². The number of pyridine rings is 1. The van der Waals surface area contributed by atoms with Crippen LogP contribution in [0, 0.1) is 38.7 Å². The Morgan fingerprint density at radius 3 is 2.62 bits per heavy atom. The smallest absolute Gasteiger partial charge is 0.256 e. The number of hydrogen-bond acceptors (Lipinski definition) is 4. The largest absolute Gasteiger partial charge is 0.497 e. The minimum Gasteiger partial charge on any atom is -0.497 e. The standard InChI is InChI=1S/C27H26F4IN3O2/c1-3-13-12-35-9-7-14(13)10-19(35)26(16-6-8-33-18-5-4-15(37-2)11-17(16)18)34-27(36)20-21(28)22(29)23(30)24(31)25(20)32/h4-6,8,11,13-14,19,26H,3,7,9-10,12H2,1-2H3,(H,34,36)/t13-,14-,19+,26+/m0/s1. The van der Waals surface area contributed by atoms with Gasteiger partial charge in [0.25, 0.3) is 5.91 Å². The van der Waals surface area contributed by atoms with Crippen LogP contribution in [0.1, 0.15) is 48.1 Å². The summed E-state index contributed by atoms with van der Waals surface area (Å²) in [5.74, 6) is -6.63. The van der Waals surface area contributed by atoms with Crippen molar-refractivity contribution >= 4 is 39.4 Å². The monoisotopic (exact) mass is 627 g/mol. The van der Waals surface area contributed by atoms with E-state index in [4.69, 9.17) is 4.74 Å².